The molecule has 0 saturated carbocycles. The van der Waals surface area contributed by atoms with Crippen molar-refractivity contribution in [3.05, 3.63) is 53.7 Å². The van der Waals surface area contributed by atoms with Gasteiger partial charge in [0, 0.05) is 18.2 Å². The summed E-state index contributed by atoms with van der Waals surface area (Å²) in [6.45, 7) is 3.18. The Morgan fingerprint density at radius 1 is 1.11 bits per heavy atom. The molecule has 0 atom stereocenters. The topological polar surface area (TPSA) is 107 Å². The lowest BCUT2D eigenvalue weighted by molar-refractivity contribution is 0.307. The van der Waals surface area contributed by atoms with Crippen LogP contribution in [0, 0.1) is 19.7 Å². The highest BCUT2D eigenvalue weighted by molar-refractivity contribution is 7.89. The molecule has 27 heavy (non-hydrogen) atoms. The van der Waals surface area contributed by atoms with Crippen LogP contribution in [0.3, 0.4) is 0 Å². The number of nitrogens with one attached hydrogen (secondary N) is 1. The molecular formula is C17H17FN4O4S. The molecule has 2 heterocycles. The van der Waals surface area contributed by atoms with Crippen LogP contribution >= 0.6 is 0 Å². The summed E-state index contributed by atoms with van der Waals surface area (Å²) in [4.78, 5) is 0.0333. The summed E-state index contributed by atoms with van der Waals surface area (Å²) >= 11 is 0. The first-order valence-electron chi connectivity index (χ1n) is 8.02. The lowest BCUT2D eigenvalue weighted by Crippen LogP contribution is -2.29. The minimum atomic E-state index is -3.73. The Bertz CT molecular complexity index is 999. The zero-order chi connectivity index (χ0) is 19.4. The zero-order valence-corrected chi connectivity index (χ0v) is 15.5. The van der Waals surface area contributed by atoms with Crippen LogP contribution in [-0.4, -0.2) is 36.9 Å². The molecule has 3 rings (SSSR count). The average Bonchev–Trinajstić information content (AvgIpc) is 2.99. The van der Waals surface area contributed by atoms with Crippen molar-refractivity contribution in [1.29, 1.82) is 0 Å². The Labute approximate surface area is 155 Å². The molecule has 0 amide bonds. The second-order valence-electron chi connectivity index (χ2n) is 5.66. The van der Waals surface area contributed by atoms with Gasteiger partial charge >= 0.3 is 0 Å². The maximum atomic E-state index is 12.9. The van der Waals surface area contributed by atoms with E-state index in [9.17, 15) is 12.8 Å². The second kappa shape index (κ2) is 7.80. The van der Waals surface area contributed by atoms with E-state index in [1.807, 2.05) is 0 Å². The first-order chi connectivity index (χ1) is 12.9. The number of aryl methyl sites for hydroxylation is 2. The van der Waals surface area contributed by atoms with Gasteiger partial charge in [-0.1, -0.05) is 5.16 Å². The molecule has 0 aliphatic rings. The third-order valence-corrected chi connectivity index (χ3v) is 5.37. The van der Waals surface area contributed by atoms with Gasteiger partial charge in [0.25, 0.3) is 0 Å². The van der Waals surface area contributed by atoms with Crippen molar-refractivity contribution in [2.45, 2.75) is 18.7 Å². The highest BCUT2D eigenvalue weighted by Crippen LogP contribution is 2.19. The molecule has 10 heteroatoms. The van der Waals surface area contributed by atoms with Crippen LogP contribution < -0.4 is 9.46 Å². The van der Waals surface area contributed by atoms with E-state index >= 15 is 0 Å². The summed E-state index contributed by atoms with van der Waals surface area (Å²) in [5, 5.41) is 11.6. The Hall–Kier alpha value is -2.85. The van der Waals surface area contributed by atoms with Gasteiger partial charge in [-0.15, -0.1) is 10.2 Å². The molecule has 0 unspecified atom stereocenters. The zero-order valence-electron chi connectivity index (χ0n) is 14.6. The number of hydrogen-bond acceptors (Lipinski definition) is 7. The fourth-order valence-corrected chi connectivity index (χ4v) is 3.77. The van der Waals surface area contributed by atoms with Crippen molar-refractivity contribution in [3.63, 3.8) is 0 Å². The van der Waals surface area contributed by atoms with Crippen molar-refractivity contribution in [2.75, 3.05) is 13.2 Å². The van der Waals surface area contributed by atoms with E-state index in [0.717, 1.165) is 5.56 Å². The van der Waals surface area contributed by atoms with Gasteiger partial charge in [0.05, 0.1) is 5.69 Å². The second-order valence-corrected chi connectivity index (χ2v) is 7.37. The molecule has 0 bridgehead atoms. The lowest BCUT2D eigenvalue weighted by Gasteiger charge is -2.08. The van der Waals surface area contributed by atoms with Gasteiger partial charge in [-0.05, 0) is 44.2 Å². The number of nitrogens with zero attached hydrogens (tertiary/aromatic N) is 3. The monoisotopic (exact) mass is 392 g/mol. The summed E-state index contributed by atoms with van der Waals surface area (Å²) in [5.41, 5.74) is 1.59. The van der Waals surface area contributed by atoms with E-state index < -0.39 is 10.0 Å². The van der Waals surface area contributed by atoms with Crippen LogP contribution in [0.25, 0.3) is 11.3 Å². The molecule has 0 saturated heterocycles. The molecule has 2 aromatic heterocycles. The molecule has 0 radical (unpaired) electrons. The summed E-state index contributed by atoms with van der Waals surface area (Å²) in [6.07, 6.45) is 0. The first kappa shape index (κ1) is 18.9. The number of hydrogen-bond donors (Lipinski definition) is 1. The van der Waals surface area contributed by atoms with Gasteiger partial charge in [0.15, 0.2) is 5.76 Å². The van der Waals surface area contributed by atoms with Crippen molar-refractivity contribution < 1.29 is 22.1 Å². The molecule has 0 spiro atoms. The molecule has 142 valence electrons. The summed E-state index contributed by atoms with van der Waals surface area (Å²) < 4.78 is 50.1. The maximum absolute atomic E-state index is 12.9. The normalized spacial score (nSPS) is 11.5. The maximum Gasteiger partial charge on any atom is 0.246 e. The van der Waals surface area contributed by atoms with E-state index in [4.69, 9.17) is 9.26 Å². The van der Waals surface area contributed by atoms with Gasteiger partial charge in [0.1, 0.15) is 23.0 Å². The number of halogens is 1. The molecule has 3 aromatic rings. The van der Waals surface area contributed by atoms with E-state index in [-0.39, 0.29) is 35.5 Å². The predicted molar refractivity (Wildman–Crippen MR) is 94.1 cm³/mol. The lowest BCUT2D eigenvalue weighted by atomic mass is 10.1. The Kier molecular flexibility index (Phi) is 5.47. The van der Waals surface area contributed by atoms with Crippen LogP contribution in [0.5, 0.6) is 5.88 Å². The summed E-state index contributed by atoms with van der Waals surface area (Å²) in [6, 6.07) is 9.17. The summed E-state index contributed by atoms with van der Waals surface area (Å²) in [5.74, 6) is 0.145. The number of rotatable bonds is 7. The highest BCUT2D eigenvalue weighted by atomic mass is 32.2. The standard InChI is InChI=1S/C17H17FN4O4S/c1-11-17(12(2)26-22-11)27(23,24)19-9-10-25-16-8-7-15(20-21-16)13-3-5-14(18)6-4-13/h3-8,19H,9-10H2,1-2H3. The van der Waals surface area contributed by atoms with Gasteiger partial charge in [-0.3, -0.25) is 0 Å². The predicted octanol–water partition coefficient (Wildman–Crippen LogP) is 2.24. The molecule has 1 aromatic carbocycles. The molecule has 0 fully saturated rings. The molecule has 1 N–H and O–H groups in total. The van der Waals surface area contributed by atoms with E-state index in [0.29, 0.717) is 11.4 Å². The summed E-state index contributed by atoms with van der Waals surface area (Å²) in [7, 11) is -3.73. The average molecular weight is 392 g/mol. The van der Waals surface area contributed by atoms with Gasteiger partial charge in [-0.2, -0.15) is 0 Å². The smallest absolute Gasteiger partial charge is 0.246 e. The number of benzene rings is 1. The van der Waals surface area contributed by atoms with Crippen molar-refractivity contribution in [3.8, 4) is 17.1 Å². The van der Waals surface area contributed by atoms with E-state index in [1.165, 1.54) is 19.1 Å². The Morgan fingerprint density at radius 2 is 1.85 bits per heavy atom. The largest absolute Gasteiger partial charge is 0.475 e. The van der Waals surface area contributed by atoms with Crippen molar-refractivity contribution in [2.24, 2.45) is 0 Å². The van der Waals surface area contributed by atoms with Crippen LogP contribution in [0.2, 0.25) is 0 Å². The number of sulfonamides is 1. The first-order valence-corrected chi connectivity index (χ1v) is 9.50. The van der Waals surface area contributed by atoms with E-state index in [2.05, 4.69) is 20.1 Å². The number of aromatic nitrogens is 3. The van der Waals surface area contributed by atoms with E-state index in [1.54, 1.807) is 31.2 Å². The fraction of sp³-hybridized carbons (Fsp3) is 0.235. The van der Waals surface area contributed by atoms with Crippen LogP contribution in [0.15, 0.2) is 45.8 Å². The minimum absolute atomic E-state index is 0.0333. The number of ether oxygens (including phenoxy) is 1. The van der Waals surface area contributed by atoms with Crippen LogP contribution in [-0.2, 0) is 10.0 Å². The molecule has 8 nitrogen and oxygen atoms in total. The van der Waals surface area contributed by atoms with Crippen molar-refractivity contribution in [1.82, 2.24) is 20.1 Å². The fourth-order valence-electron chi connectivity index (χ4n) is 2.43. The minimum Gasteiger partial charge on any atom is -0.475 e. The third-order valence-electron chi connectivity index (χ3n) is 3.66. The SMILES string of the molecule is Cc1noc(C)c1S(=O)(=O)NCCOc1ccc(-c2ccc(F)cc2)nn1. The van der Waals surface area contributed by atoms with Gasteiger partial charge in [0.2, 0.25) is 15.9 Å². The highest BCUT2D eigenvalue weighted by Gasteiger charge is 2.23. The van der Waals surface area contributed by atoms with Crippen LogP contribution in [0.4, 0.5) is 4.39 Å². The quantitative estimate of drug-likeness (QED) is 0.615. The third kappa shape index (κ3) is 4.47. The Balaban J connectivity index is 1.54. The van der Waals surface area contributed by atoms with Crippen molar-refractivity contribution >= 4 is 10.0 Å². The van der Waals surface area contributed by atoms with Gasteiger partial charge in [-0.25, -0.2) is 17.5 Å². The molecule has 0 aliphatic heterocycles. The van der Waals surface area contributed by atoms with Gasteiger partial charge < -0.3 is 9.26 Å². The van der Waals surface area contributed by atoms with Crippen LogP contribution in [0.1, 0.15) is 11.5 Å². The molecular weight excluding hydrogens is 375 g/mol. The molecule has 0 aliphatic carbocycles. The Morgan fingerprint density at radius 3 is 2.44 bits per heavy atom.